The topological polar surface area (TPSA) is 3.24 Å². The number of aryl methyl sites for hydroxylation is 1. The third-order valence-corrected chi connectivity index (χ3v) is 2.79. The van der Waals surface area contributed by atoms with Crippen LogP contribution in [0, 0.1) is 24.6 Å². The van der Waals surface area contributed by atoms with Crippen molar-refractivity contribution < 1.29 is 4.39 Å². The maximum Gasteiger partial charge on any atom is 0.127 e. The second-order valence-corrected chi connectivity index (χ2v) is 4.54. The summed E-state index contributed by atoms with van der Waals surface area (Å²) in [7, 11) is 0. The average molecular weight is 247 g/mol. The van der Waals surface area contributed by atoms with Crippen molar-refractivity contribution in [2.24, 2.45) is 0 Å². The summed E-state index contributed by atoms with van der Waals surface area (Å²) in [6.07, 6.45) is 2.28. The minimum absolute atomic E-state index is 0.180. The van der Waals surface area contributed by atoms with Crippen LogP contribution in [-0.4, -0.2) is 24.5 Å². The number of halogens is 1. The highest BCUT2D eigenvalue weighted by Gasteiger charge is 1.99. The summed E-state index contributed by atoms with van der Waals surface area (Å²) in [5.41, 5.74) is 1.42. The van der Waals surface area contributed by atoms with Crippen molar-refractivity contribution in [1.29, 1.82) is 0 Å². The van der Waals surface area contributed by atoms with E-state index in [-0.39, 0.29) is 5.82 Å². The molecule has 0 N–H and O–H groups in total. The average Bonchev–Trinajstić information content (AvgIpc) is 2.34. The molecule has 0 saturated heterocycles. The number of nitrogens with zero attached hydrogens (tertiary/aromatic N) is 1. The molecule has 1 nitrogen and oxygen atoms in total. The Morgan fingerprint density at radius 1 is 1.17 bits per heavy atom. The minimum atomic E-state index is -0.180. The molecule has 0 amide bonds. The molecule has 0 fully saturated rings. The van der Waals surface area contributed by atoms with Crippen LogP contribution in [0.15, 0.2) is 18.2 Å². The summed E-state index contributed by atoms with van der Waals surface area (Å²) in [5.74, 6) is 5.98. The Morgan fingerprint density at radius 3 is 2.39 bits per heavy atom. The van der Waals surface area contributed by atoms with E-state index >= 15 is 0 Å². The summed E-state index contributed by atoms with van der Waals surface area (Å²) in [5, 5.41) is 0. The zero-order valence-corrected chi connectivity index (χ0v) is 11.6. The summed E-state index contributed by atoms with van der Waals surface area (Å²) in [4.78, 5) is 2.33. The van der Waals surface area contributed by atoms with Gasteiger partial charge >= 0.3 is 0 Å². The number of rotatable bonds is 5. The lowest BCUT2D eigenvalue weighted by Gasteiger charge is -2.17. The maximum atomic E-state index is 13.3. The molecule has 1 aromatic carbocycles. The summed E-state index contributed by atoms with van der Waals surface area (Å²) < 4.78 is 13.3. The first-order valence-electron chi connectivity index (χ1n) is 6.64. The van der Waals surface area contributed by atoms with E-state index < -0.39 is 0 Å². The van der Waals surface area contributed by atoms with Crippen LogP contribution >= 0.6 is 0 Å². The molecule has 0 saturated carbocycles. The molecule has 0 bridgehead atoms. The van der Waals surface area contributed by atoms with Crippen LogP contribution < -0.4 is 0 Å². The monoisotopic (exact) mass is 247 g/mol. The second kappa shape index (κ2) is 7.89. The largest absolute Gasteiger partial charge is 0.292 e. The fourth-order valence-electron chi connectivity index (χ4n) is 1.83. The van der Waals surface area contributed by atoms with Gasteiger partial charge < -0.3 is 0 Å². The molecule has 0 radical (unpaired) electrons. The van der Waals surface area contributed by atoms with Gasteiger partial charge in [-0.1, -0.05) is 31.8 Å². The lowest BCUT2D eigenvalue weighted by atomic mass is 10.1. The predicted octanol–water partition coefficient (Wildman–Crippen LogP) is 3.61. The summed E-state index contributed by atoms with van der Waals surface area (Å²) >= 11 is 0. The van der Waals surface area contributed by atoms with Crippen molar-refractivity contribution >= 4 is 0 Å². The molecule has 0 spiro atoms. The zero-order valence-electron chi connectivity index (χ0n) is 11.6. The Balaban J connectivity index is 2.60. The molecule has 1 aromatic rings. The van der Waals surface area contributed by atoms with Gasteiger partial charge in [-0.25, -0.2) is 4.39 Å². The number of benzene rings is 1. The van der Waals surface area contributed by atoms with Gasteiger partial charge in [-0.05, 0) is 50.6 Å². The van der Waals surface area contributed by atoms with Crippen molar-refractivity contribution in [2.45, 2.75) is 33.6 Å². The van der Waals surface area contributed by atoms with E-state index in [9.17, 15) is 4.39 Å². The van der Waals surface area contributed by atoms with Gasteiger partial charge in [0.05, 0.1) is 6.54 Å². The fourth-order valence-corrected chi connectivity index (χ4v) is 1.83. The van der Waals surface area contributed by atoms with E-state index in [1.165, 1.54) is 6.07 Å². The highest BCUT2D eigenvalue weighted by atomic mass is 19.1. The first kappa shape index (κ1) is 14.7. The molecule has 0 aliphatic carbocycles. The van der Waals surface area contributed by atoms with Crippen molar-refractivity contribution in [3.05, 3.63) is 35.1 Å². The molecular formula is C16H22FN. The van der Waals surface area contributed by atoms with Gasteiger partial charge in [0.15, 0.2) is 0 Å². The summed E-state index contributed by atoms with van der Waals surface area (Å²) in [6, 6.07) is 5.15. The van der Waals surface area contributed by atoms with Crippen LogP contribution in [0.3, 0.4) is 0 Å². The van der Waals surface area contributed by atoms with E-state index in [0.717, 1.165) is 38.0 Å². The highest BCUT2D eigenvalue weighted by Crippen LogP contribution is 2.07. The van der Waals surface area contributed by atoms with Gasteiger partial charge in [-0.3, -0.25) is 4.90 Å². The van der Waals surface area contributed by atoms with Crippen LogP contribution in [0.2, 0.25) is 0 Å². The van der Waals surface area contributed by atoms with Gasteiger partial charge in [0.2, 0.25) is 0 Å². The van der Waals surface area contributed by atoms with Crippen LogP contribution in [0.1, 0.15) is 37.8 Å². The van der Waals surface area contributed by atoms with Gasteiger partial charge in [0.1, 0.15) is 5.82 Å². The Kier molecular flexibility index (Phi) is 6.46. The normalized spacial score (nSPS) is 10.3. The molecule has 18 heavy (non-hydrogen) atoms. The number of hydrogen-bond acceptors (Lipinski definition) is 1. The van der Waals surface area contributed by atoms with Crippen LogP contribution in [0.5, 0.6) is 0 Å². The van der Waals surface area contributed by atoms with Gasteiger partial charge in [-0.15, -0.1) is 0 Å². The third-order valence-electron chi connectivity index (χ3n) is 2.79. The van der Waals surface area contributed by atoms with Gasteiger partial charge in [0.25, 0.3) is 0 Å². The Labute approximate surface area is 110 Å². The summed E-state index contributed by atoms with van der Waals surface area (Å²) in [6.45, 7) is 9.01. The van der Waals surface area contributed by atoms with Crippen molar-refractivity contribution in [3.63, 3.8) is 0 Å². The first-order chi connectivity index (χ1) is 8.67. The quantitative estimate of drug-likeness (QED) is 0.718. The molecule has 1 rings (SSSR count). The van der Waals surface area contributed by atoms with Crippen LogP contribution in [-0.2, 0) is 0 Å². The first-order valence-corrected chi connectivity index (χ1v) is 6.64. The van der Waals surface area contributed by atoms with E-state index in [1.807, 2.05) is 6.07 Å². The Hall–Kier alpha value is -1.33. The standard InChI is InChI=1S/C16H22FN/c1-4-10-18(11-5-2)12-6-7-15-9-8-14(3)16(17)13-15/h8-9,13H,4-5,10-12H2,1-3H3. The van der Waals surface area contributed by atoms with Gasteiger partial charge in [-0.2, -0.15) is 0 Å². The zero-order chi connectivity index (χ0) is 13.4. The minimum Gasteiger partial charge on any atom is -0.292 e. The van der Waals surface area contributed by atoms with E-state index in [2.05, 4.69) is 30.6 Å². The highest BCUT2D eigenvalue weighted by molar-refractivity contribution is 5.36. The lowest BCUT2D eigenvalue weighted by molar-refractivity contribution is 0.308. The molecule has 0 unspecified atom stereocenters. The molecule has 2 heteroatoms. The molecule has 0 aromatic heterocycles. The molecule has 0 atom stereocenters. The SMILES string of the molecule is CCCN(CC#Cc1ccc(C)c(F)c1)CCC. The van der Waals surface area contributed by atoms with E-state index in [1.54, 1.807) is 13.0 Å². The molecule has 0 heterocycles. The van der Waals surface area contributed by atoms with Gasteiger partial charge in [0, 0.05) is 5.56 Å². The molecular weight excluding hydrogens is 225 g/mol. The lowest BCUT2D eigenvalue weighted by Crippen LogP contribution is -2.25. The molecule has 98 valence electrons. The Morgan fingerprint density at radius 2 is 1.83 bits per heavy atom. The third kappa shape index (κ3) is 4.89. The van der Waals surface area contributed by atoms with E-state index in [4.69, 9.17) is 0 Å². The predicted molar refractivity (Wildman–Crippen MR) is 75.0 cm³/mol. The molecule has 0 aliphatic heterocycles. The number of hydrogen-bond donors (Lipinski definition) is 0. The fraction of sp³-hybridized carbons (Fsp3) is 0.500. The second-order valence-electron chi connectivity index (χ2n) is 4.54. The van der Waals surface area contributed by atoms with Crippen molar-refractivity contribution in [3.8, 4) is 11.8 Å². The van der Waals surface area contributed by atoms with Crippen molar-refractivity contribution in [1.82, 2.24) is 4.90 Å². The molecule has 0 aliphatic rings. The van der Waals surface area contributed by atoms with E-state index in [0.29, 0.717) is 5.56 Å². The Bertz CT molecular complexity index is 422. The van der Waals surface area contributed by atoms with Crippen molar-refractivity contribution in [2.75, 3.05) is 19.6 Å². The van der Waals surface area contributed by atoms with Crippen LogP contribution in [0.25, 0.3) is 0 Å². The smallest absolute Gasteiger partial charge is 0.127 e. The van der Waals surface area contributed by atoms with Crippen LogP contribution in [0.4, 0.5) is 4.39 Å². The maximum absolute atomic E-state index is 13.3.